The fourth-order valence-electron chi connectivity index (χ4n) is 4.67. The lowest BCUT2D eigenvalue weighted by Gasteiger charge is -2.42. The third-order valence-corrected chi connectivity index (χ3v) is 6.68. The van der Waals surface area contributed by atoms with Crippen LogP contribution in [0.3, 0.4) is 0 Å². The zero-order valence-electron chi connectivity index (χ0n) is 17.6. The van der Waals surface area contributed by atoms with Crippen LogP contribution in [-0.2, 0) is 17.3 Å². The van der Waals surface area contributed by atoms with Crippen LogP contribution < -0.4 is 0 Å². The van der Waals surface area contributed by atoms with Gasteiger partial charge >= 0.3 is 0 Å². The van der Waals surface area contributed by atoms with Gasteiger partial charge < -0.3 is 4.52 Å². The molecule has 4 rings (SSSR count). The zero-order chi connectivity index (χ0) is 19.2. The monoisotopic (exact) mass is 363 g/mol. The lowest BCUT2D eigenvalue weighted by molar-refractivity contribution is 0.331. The maximum absolute atomic E-state index is 5.42. The molecular weight excluding hydrogens is 330 g/mol. The van der Waals surface area contributed by atoms with Gasteiger partial charge in [0.05, 0.1) is 6.20 Å². The highest BCUT2D eigenvalue weighted by molar-refractivity contribution is 5.84. The van der Waals surface area contributed by atoms with Crippen LogP contribution in [0.15, 0.2) is 28.9 Å². The van der Waals surface area contributed by atoms with E-state index in [4.69, 9.17) is 4.52 Å². The Balaban J connectivity index is 1.91. The molecule has 27 heavy (non-hydrogen) atoms. The fourth-order valence-corrected chi connectivity index (χ4v) is 4.67. The normalized spacial score (nSPS) is 21.1. The molecule has 0 atom stereocenters. The largest absolute Gasteiger partial charge is 0.357 e. The van der Waals surface area contributed by atoms with Crippen molar-refractivity contribution in [3.63, 3.8) is 0 Å². The quantitative estimate of drug-likeness (QED) is 0.576. The average Bonchev–Trinajstić information content (AvgIpc) is 3.33. The molecule has 144 valence electrons. The van der Waals surface area contributed by atoms with E-state index in [0.29, 0.717) is 5.92 Å². The Morgan fingerprint density at radius 1 is 1.11 bits per heavy atom. The number of rotatable bonds is 5. The molecule has 0 radical (unpaired) electrons. The van der Waals surface area contributed by atoms with E-state index in [1.807, 2.05) is 6.07 Å². The summed E-state index contributed by atoms with van der Waals surface area (Å²) in [6.45, 7) is 12.0. The highest BCUT2D eigenvalue weighted by atomic mass is 16.5. The van der Waals surface area contributed by atoms with E-state index in [-0.39, 0.29) is 10.8 Å². The zero-order valence-corrected chi connectivity index (χ0v) is 17.6. The SMILES string of the molecule is CCCc1cc2c(cc1C(=Cc1ccno1)C1CC1)C(C)(C)CCC2(C)C. The van der Waals surface area contributed by atoms with Crippen LogP contribution in [0.25, 0.3) is 11.6 Å². The highest BCUT2D eigenvalue weighted by Gasteiger charge is 2.38. The molecule has 0 amide bonds. The van der Waals surface area contributed by atoms with Crippen molar-refractivity contribution in [3.05, 3.63) is 52.4 Å². The molecule has 1 aromatic carbocycles. The summed E-state index contributed by atoms with van der Waals surface area (Å²) in [4.78, 5) is 0. The number of aryl methyl sites for hydroxylation is 1. The van der Waals surface area contributed by atoms with E-state index in [1.54, 1.807) is 17.3 Å². The Morgan fingerprint density at radius 3 is 2.33 bits per heavy atom. The predicted octanol–water partition coefficient (Wildman–Crippen LogP) is 6.93. The minimum absolute atomic E-state index is 0.241. The second-order valence-electron chi connectivity index (χ2n) is 9.86. The number of hydrogen-bond donors (Lipinski definition) is 0. The molecule has 2 aliphatic rings. The molecule has 1 saturated carbocycles. The van der Waals surface area contributed by atoms with Gasteiger partial charge in [-0.1, -0.05) is 58.3 Å². The van der Waals surface area contributed by atoms with Crippen molar-refractivity contribution in [2.45, 2.75) is 84.0 Å². The summed E-state index contributed by atoms with van der Waals surface area (Å²) >= 11 is 0. The third kappa shape index (κ3) is 3.51. The molecule has 0 saturated heterocycles. The Bertz CT molecular complexity index is 851. The summed E-state index contributed by atoms with van der Waals surface area (Å²) in [6.07, 6.45) is 11.4. The van der Waals surface area contributed by atoms with E-state index in [2.05, 4.69) is 58.0 Å². The summed E-state index contributed by atoms with van der Waals surface area (Å²) in [5.41, 5.74) is 8.06. The van der Waals surface area contributed by atoms with Crippen LogP contribution in [0.1, 0.15) is 94.7 Å². The Labute approximate surface area is 164 Å². The molecule has 2 nitrogen and oxygen atoms in total. The Morgan fingerprint density at radius 2 is 1.78 bits per heavy atom. The van der Waals surface area contributed by atoms with Gasteiger partial charge in [0.15, 0.2) is 5.76 Å². The molecule has 0 aliphatic heterocycles. The summed E-state index contributed by atoms with van der Waals surface area (Å²) in [6, 6.07) is 7.06. The minimum Gasteiger partial charge on any atom is -0.357 e. The molecular formula is C25H33NO. The number of aromatic nitrogens is 1. The van der Waals surface area contributed by atoms with Gasteiger partial charge in [-0.15, -0.1) is 0 Å². The number of fused-ring (bicyclic) bond motifs is 1. The maximum Gasteiger partial charge on any atom is 0.159 e. The third-order valence-electron chi connectivity index (χ3n) is 6.68. The van der Waals surface area contributed by atoms with Crippen LogP contribution in [-0.4, -0.2) is 5.16 Å². The van der Waals surface area contributed by atoms with Crippen molar-refractivity contribution in [3.8, 4) is 0 Å². The van der Waals surface area contributed by atoms with Gasteiger partial charge in [0, 0.05) is 6.07 Å². The molecule has 0 bridgehead atoms. The summed E-state index contributed by atoms with van der Waals surface area (Å²) in [5, 5.41) is 3.90. The molecule has 0 N–H and O–H groups in total. The first-order chi connectivity index (χ1) is 12.8. The Kier molecular flexibility index (Phi) is 4.56. The molecule has 2 heteroatoms. The Hall–Kier alpha value is -1.83. The highest BCUT2D eigenvalue weighted by Crippen LogP contribution is 2.50. The van der Waals surface area contributed by atoms with Crippen LogP contribution in [0.2, 0.25) is 0 Å². The topological polar surface area (TPSA) is 26.0 Å². The molecule has 2 aliphatic carbocycles. The first-order valence-corrected chi connectivity index (χ1v) is 10.6. The van der Waals surface area contributed by atoms with Crippen LogP contribution >= 0.6 is 0 Å². The van der Waals surface area contributed by atoms with Gasteiger partial charge in [-0.05, 0) is 82.8 Å². The van der Waals surface area contributed by atoms with Crippen molar-refractivity contribution in [1.82, 2.24) is 5.16 Å². The average molecular weight is 364 g/mol. The summed E-state index contributed by atoms with van der Waals surface area (Å²) in [7, 11) is 0. The smallest absolute Gasteiger partial charge is 0.159 e. The number of allylic oxidation sites excluding steroid dienone is 1. The van der Waals surface area contributed by atoms with Gasteiger partial charge in [0.1, 0.15) is 0 Å². The predicted molar refractivity (Wildman–Crippen MR) is 113 cm³/mol. The molecule has 1 heterocycles. The molecule has 2 aromatic rings. The van der Waals surface area contributed by atoms with Gasteiger partial charge in [-0.25, -0.2) is 0 Å². The molecule has 0 spiro atoms. The van der Waals surface area contributed by atoms with Gasteiger partial charge in [-0.2, -0.15) is 0 Å². The van der Waals surface area contributed by atoms with Gasteiger partial charge in [0.25, 0.3) is 0 Å². The van der Waals surface area contributed by atoms with E-state index in [1.165, 1.54) is 48.8 Å². The lowest BCUT2D eigenvalue weighted by Crippen LogP contribution is -2.34. The summed E-state index contributed by atoms with van der Waals surface area (Å²) < 4.78 is 5.42. The molecule has 1 fully saturated rings. The van der Waals surface area contributed by atoms with Crippen LogP contribution in [0.5, 0.6) is 0 Å². The van der Waals surface area contributed by atoms with E-state index < -0.39 is 0 Å². The number of hydrogen-bond acceptors (Lipinski definition) is 2. The molecule has 0 unspecified atom stereocenters. The lowest BCUT2D eigenvalue weighted by atomic mass is 9.62. The maximum atomic E-state index is 5.42. The summed E-state index contributed by atoms with van der Waals surface area (Å²) in [5.74, 6) is 1.54. The number of benzene rings is 1. The first-order valence-electron chi connectivity index (χ1n) is 10.6. The van der Waals surface area contributed by atoms with E-state index in [0.717, 1.165) is 12.2 Å². The van der Waals surface area contributed by atoms with Crippen LogP contribution in [0, 0.1) is 5.92 Å². The minimum atomic E-state index is 0.241. The van der Waals surface area contributed by atoms with E-state index >= 15 is 0 Å². The standard InChI is InChI=1S/C25H33NO/c1-6-7-18-14-22-23(25(4,5)12-11-24(22,2)3)16-21(18)20(17-8-9-17)15-19-10-13-26-27-19/h10,13-17H,6-9,11-12H2,1-5H3. The van der Waals surface area contributed by atoms with Crippen LogP contribution in [0.4, 0.5) is 0 Å². The fraction of sp³-hybridized carbons (Fsp3) is 0.560. The van der Waals surface area contributed by atoms with Crippen molar-refractivity contribution in [2.75, 3.05) is 0 Å². The number of nitrogens with zero attached hydrogens (tertiary/aromatic N) is 1. The van der Waals surface area contributed by atoms with Gasteiger partial charge in [-0.3, -0.25) is 0 Å². The van der Waals surface area contributed by atoms with Crippen molar-refractivity contribution < 1.29 is 4.52 Å². The van der Waals surface area contributed by atoms with Gasteiger partial charge in [0.2, 0.25) is 0 Å². The van der Waals surface area contributed by atoms with Crippen molar-refractivity contribution in [2.24, 2.45) is 5.92 Å². The second kappa shape index (κ2) is 6.65. The van der Waals surface area contributed by atoms with Crippen molar-refractivity contribution in [1.29, 1.82) is 0 Å². The van der Waals surface area contributed by atoms with E-state index in [9.17, 15) is 0 Å². The molecule has 1 aromatic heterocycles. The van der Waals surface area contributed by atoms with Crippen molar-refractivity contribution >= 4 is 11.6 Å². The first kappa shape index (κ1) is 18.5. The second-order valence-corrected chi connectivity index (χ2v) is 9.86.